The maximum atomic E-state index is 14.9. The van der Waals surface area contributed by atoms with E-state index in [2.05, 4.69) is 24.9 Å². The molecule has 1 fully saturated rings. The molecule has 1 aromatic carbocycles. The van der Waals surface area contributed by atoms with E-state index in [9.17, 15) is 9.18 Å². The standard InChI is InChI=1S/C25H24FN5O3/c1-14-2-9-20-25(29-14)31-24(30-20)18-8-5-16(11-19(18)26)21-12-28-22(13-27-21)34-17-6-3-15(4-7-17)10-23(32)33/h2,5,8-9,11-13,15,17H,3-4,6-7,10H2,1H3,(H,32,33)(H,29,30,31)/t15-,17+. The van der Waals surface area contributed by atoms with Gasteiger partial charge in [0.2, 0.25) is 5.88 Å². The summed E-state index contributed by atoms with van der Waals surface area (Å²) in [6.45, 7) is 1.88. The lowest BCUT2D eigenvalue weighted by Gasteiger charge is -2.27. The number of carboxylic acid groups (broad SMARTS) is 1. The molecule has 1 aliphatic carbocycles. The summed E-state index contributed by atoms with van der Waals surface area (Å²) in [7, 11) is 0. The van der Waals surface area contributed by atoms with Crippen LogP contribution in [0.15, 0.2) is 42.7 Å². The van der Waals surface area contributed by atoms with Crippen LogP contribution in [0.3, 0.4) is 0 Å². The molecule has 9 heteroatoms. The minimum atomic E-state index is -0.750. The van der Waals surface area contributed by atoms with E-state index in [4.69, 9.17) is 9.84 Å². The van der Waals surface area contributed by atoms with Crippen molar-refractivity contribution in [1.29, 1.82) is 0 Å². The quantitative estimate of drug-likeness (QED) is 0.418. The van der Waals surface area contributed by atoms with Gasteiger partial charge >= 0.3 is 5.97 Å². The fraction of sp³-hybridized carbons (Fsp3) is 0.320. The Morgan fingerprint density at radius 3 is 2.65 bits per heavy atom. The van der Waals surface area contributed by atoms with Crippen LogP contribution in [-0.2, 0) is 4.79 Å². The molecule has 174 valence electrons. The van der Waals surface area contributed by atoms with Crippen LogP contribution < -0.4 is 4.74 Å². The summed E-state index contributed by atoms with van der Waals surface area (Å²) in [5.41, 5.74) is 3.63. The van der Waals surface area contributed by atoms with Gasteiger partial charge in [0.1, 0.15) is 17.7 Å². The van der Waals surface area contributed by atoms with Crippen LogP contribution in [0.5, 0.6) is 5.88 Å². The Kier molecular flexibility index (Phi) is 5.91. The predicted molar refractivity (Wildman–Crippen MR) is 124 cm³/mol. The van der Waals surface area contributed by atoms with Crippen LogP contribution in [0.2, 0.25) is 0 Å². The lowest BCUT2D eigenvalue weighted by atomic mass is 9.85. The molecule has 3 heterocycles. The lowest BCUT2D eigenvalue weighted by Crippen LogP contribution is -2.25. The highest BCUT2D eigenvalue weighted by atomic mass is 19.1. The number of fused-ring (bicyclic) bond motifs is 1. The maximum Gasteiger partial charge on any atom is 0.303 e. The van der Waals surface area contributed by atoms with Crippen LogP contribution in [-0.4, -0.2) is 42.1 Å². The van der Waals surface area contributed by atoms with Gasteiger partial charge in [0.15, 0.2) is 5.65 Å². The molecule has 0 bridgehead atoms. The summed E-state index contributed by atoms with van der Waals surface area (Å²) >= 11 is 0. The van der Waals surface area contributed by atoms with Gasteiger partial charge in [-0.05, 0) is 62.8 Å². The molecule has 4 aromatic rings. The molecule has 3 aromatic heterocycles. The average molecular weight is 461 g/mol. The van der Waals surface area contributed by atoms with Gasteiger partial charge in [-0.15, -0.1) is 0 Å². The van der Waals surface area contributed by atoms with Crippen molar-refractivity contribution in [2.75, 3.05) is 0 Å². The molecular formula is C25H24FN5O3. The number of aryl methyl sites for hydroxylation is 1. The number of carboxylic acids is 1. The SMILES string of the molecule is Cc1ccc2[nH]c(-c3ccc(-c4cnc(O[C@H]5CC[C@@H](CC(=O)O)CC5)cn4)cc3F)nc2n1. The van der Waals surface area contributed by atoms with Crippen LogP contribution in [0.4, 0.5) is 4.39 Å². The fourth-order valence-electron chi connectivity index (χ4n) is 4.38. The number of aliphatic carboxylic acids is 1. The highest BCUT2D eigenvalue weighted by Crippen LogP contribution is 2.30. The Hall–Kier alpha value is -3.88. The molecule has 1 aliphatic rings. The number of nitrogens with one attached hydrogen (secondary N) is 1. The Balaban J connectivity index is 1.26. The van der Waals surface area contributed by atoms with E-state index in [-0.39, 0.29) is 18.4 Å². The van der Waals surface area contributed by atoms with Crippen LogP contribution in [0, 0.1) is 18.7 Å². The molecule has 0 unspecified atom stereocenters. The highest BCUT2D eigenvalue weighted by molar-refractivity contribution is 5.77. The van der Waals surface area contributed by atoms with Crippen molar-refractivity contribution in [1.82, 2.24) is 24.9 Å². The molecule has 0 amide bonds. The van der Waals surface area contributed by atoms with E-state index in [0.29, 0.717) is 34.2 Å². The van der Waals surface area contributed by atoms with Gasteiger partial charge in [-0.3, -0.25) is 4.79 Å². The van der Waals surface area contributed by atoms with Crippen molar-refractivity contribution >= 4 is 17.1 Å². The number of aromatic nitrogens is 5. The van der Waals surface area contributed by atoms with Gasteiger partial charge in [-0.25, -0.2) is 24.3 Å². The predicted octanol–water partition coefficient (Wildman–Crippen LogP) is 4.94. The van der Waals surface area contributed by atoms with Crippen molar-refractivity contribution < 1.29 is 19.0 Å². The molecule has 34 heavy (non-hydrogen) atoms. The maximum absolute atomic E-state index is 14.9. The zero-order valence-electron chi connectivity index (χ0n) is 18.7. The molecule has 0 saturated heterocycles. The van der Waals surface area contributed by atoms with E-state index in [1.54, 1.807) is 18.3 Å². The molecule has 0 radical (unpaired) electrons. The third-order valence-corrected chi connectivity index (χ3v) is 6.18. The number of H-pyrrole nitrogens is 1. The Morgan fingerprint density at radius 1 is 1.12 bits per heavy atom. The first kappa shape index (κ1) is 21.9. The minimum Gasteiger partial charge on any atom is -0.481 e. The topological polar surface area (TPSA) is 114 Å². The van der Waals surface area contributed by atoms with E-state index in [1.165, 1.54) is 12.3 Å². The van der Waals surface area contributed by atoms with Crippen molar-refractivity contribution in [2.45, 2.75) is 45.1 Å². The first-order chi connectivity index (χ1) is 16.4. The molecule has 8 nitrogen and oxygen atoms in total. The van der Waals surface area contributed by atoms with E-state index in [0.717, 1.165) is 36.9 Å². The van der Waals surface area contributed by atoms with Crippen molar-refractivity contribution in [3.63, 3.8) is 0 Å². The molecular weight excluding hydrogens is 437 g/mol. The third kappa shape index (κ3) is 4.73. The second-order valence-corrected chi connectivity index (χ2v) is 8.70. The van der Waals surface area contributed by atoms with Crippen LogP contribution in [0.25, 0.3) is 33.8 Å². The molecule has 1 saturated carbocycles. The molecule has 0 aliphatic heterocycles. The fourth-order valence-corrected chi connectivity index (χ4v) is 4.38. The van der Waals surface area contributed by atoms with Gasteiger partial charge in [0, 0.05) is 17.7 Å². The average Bonchev–Trinajstić information content (AvgIpc) is 3.23. The number of benzene rings is 1. The summed E-state index contributed by atoms with van der Waals surface area (Å²) in [5.74, 6) is -0.130. The van der Waals surface area contributed by atoms with Gasteiger partial charge in [-0.1, -0.05) is 6.07 Å². The van der Waals surface area contributed by atoms with E-state index >= 15 is 0 Å². The monoisotopic (exact) mass is 461 g/mol. The van der Waals surface area contributed by atoms with Crippen LogP contribution in [0.1, 0.15) is 37.8 Å². The van der Waals surface area contributed by atoms with Crippen LogP contribution >= 0.6 is 0 Å². The van der Waals surface area contributed by atoms with Crippen molar-refractivity contribution in [3.8, 4) is 28.5 Å². The second kappa shape index (κ2) is 9.17. The van der Waals surface area contributed by atoms with Gasteiger partial charge in [0.25, 0.3) is 0 Å². The number of hydrogen-bond donors (Lipinski definition) is 2. The smallest absolute Gasteiger partial charge is 0.303 e. The molecule has 2 N–H and O–H groups in total. The summed E-state index contributed by atoms with van der Waals surface area (Å²) < 4.78 is 20.9. The zero-order valence-corrected chi connectivity index (χ0v) is 18.7. The third-order valence-electron chi connectivity index (χ3n) is 6.18. The number of rotatable bonds is 6. The minimum absolute atomic E-state index is 0.00371. The first-order valence-corrected chi connectivity index (χ1v) is 11.3. The Bertz CT molecular complexity index is 1330. The number of ether oxygens (including phenoxy) is 1. The summed E-state index contributed by atoms with van der Waals surface area (Å²) in [5, 5.41) is 8.94. The Labute approximate surface area is 195 Å². The largest absolute Gasteiger partial charge is 0.481 e. The number of hydrogen-bond acceptors (Lipinski definition) is 6. The van der Waals surface area contributed by atoms with Gasteiger partial charge < -0.3 is 14.8 Å². The summed E-state index contributed by atoms with van der Waals surface area (Å²) in [6.07, 6.45) is 6.57. The zero-order chi connectivity index (χ0) is 23.7. The number of nitrogens with zero attached hydrogens (tertiary/aromatic N) is 4. The summed E-state index contributed by atoms with van der Waals surface area (Å²) in [4.78, 5) is 31.5. The number of halogens is 1. The molecule has 5 rings (SSSR count). The second-order valence-electron chi connectivity index (χ2n) is 8.70. The normalized spacial score (nSPS) is 18.2. The number of carbonyl (C=O) groups is 1. The molecule has 0 atom stereocenters. The number of aromatic amines is 1. The summed E-state index contributed by atoms with van der Waals surface area (Å²) in [6, 6.07) is 8.60. The Morgan fingerprint density at radius 2 is 1.94 bits per heavy atom. The van der Waals surface area contributed by atoms with E-state index < -0.39 is 11.8 Å². The number of pyridine rings is 1. The van der Waals surface area contributed by atoms with Gasteiger partial charge in [-0.2, -0.15) is 0 Å². The van der Waals surface area contributed by atoms with Crippen molar-refractivity contribution in [2.24, 2.45) is 5.92 Å². The lowest BCUT2D eigenvalue weighted by molar-refractivity contribution is -0.138. The highest BCUT2D eigenvalue weighted by Gasteiger charge is 2.24. The van der Waals surface area contributed by atoms with E-state index in [1.807, 2.05) is 19.1 Å². The van der Waals surface area contributed by atoms with Crippen molar-refractivity contribution in [3.05, 3.63) is 54.2 Å². The van der Waals surface area contributed by atoms with Gasteiger partial charge in [0.05, 0.1) is 29.2 Å². The first-order valence-electron chi connectivity index (χ1n) is 11.3. The molecule has 0 spiro atoms. The number of imidazole rings is 1.